The number of ether oxygens (including phenoxy) is 1. The van der Waals surface area contributed by atoms with Crippen LogP contribution in [0.25, 0.3) is 0 Å². The van der Waals surface area contributed by atoms with Gasteiger partial charge >= 0.3 is 0 Å². The maximum Gasteiger partial charge on any atom is 0.118 e. The predicted octanol–water partition coefficient (Wildman–Crippen LogP) is 3.79. The molecule has 0 heterocycles. The van der Waals surface area contributed by atoms with Crippen molar-refractivity contribution in [2.45, 2.75) is 25.4 Å². The van der Waals surface area contributed by atoms with Crippen molar-refractivity contribution in [3.05, 3.63) is 65.7 Å². The van der Waals surface area contributed by atoms with Crippen molar-refractivity contribution in [3.63, 3.8) is 0 Å². The Morgan fingerprint density at radius 3 is 2.10 bits per heavy atom. The van der Waals surface area contributed by atoms with Crippen molar-refractivity contribution in [2.24, 2.45) is 0 Å². The number of rotatable bonds is 5. The van der Waals surface area contributed by atoms with Crippen LogP contribution in [0.2, 0.25) is 0 Å². The summed E-state index contributed by atoms with van der Waals surface area (Å²) < 4.78 is 5.22. The van der Waals surface area contributed by atoms with Gasteiger partial charge in [0.25, 0.3) is 0 Å². The molecule has 2 rings (SSSR count). The molecule has 0 aromatic heterocycles. The minimum absolute atomic E-state index is 0.0446. The molecule has 0 saturated heterocycles. The quantitative estimate of drug-likeness (QED) is 0.841. The van der Waals surface area contributed by atoms with E-state index in [0.29, 0.717) is 0 Å². The summed E-state index contributed by atoms with van der Waals surface area (Å²) in [5.41, 5.74) is 1.96. The zero-order valence-corrected chi connectivity index (χ0v) is 12.8. The highest BCUT2D eigenvalue weighted by Crippen LogP contribution is 2.26. The largest absolute Gasteiger partial charge is 0.497 e. The number of hydrogen-bond acceptors (Lipinski definition) is 2. The molecule has 0 aliphatic carbocycles. The van der Waals surface area contributed by atoms with Gasteiger partial charge in [0.2, 0.25) is 0 Å². The van der Waals surface area contributed by atoms with E-state index in [9.17, 15) is 0 Å². The fourth-order valence-electron chi connectivity index (χ4n) is 2.20. The Hall–Kier alpha value is -2.24. The first-order valence-corrected chi connectivity index (χ1v) is 7.00. The van der Waals surface area contributed by atoms with Gasteiger partial charge in [-0.3, -0.25) is 5.32 Å². The molecule has 21 heavy (non-hydrogen) atoms. The Labute approximate surface area is 127 Å². The second kappa shape index (κ2) is 6.47. The molecule has 0 spiro atoms. The van der Waals surface area contributed by atoms with Crippen LogP contribution >= 0.6 is 0 Å². The molecule has 2 aromatic rings. The molecule has 1 unspecified atom stereocenters. The smallest absolute Gasteiger partial charge is 0.118 e. The van der Waals surface area contributed by atoms with Crippen LogP contribution < -0.4 is 10.1 Å². The molecule has 1 atom stereocenters. The first-order chi connectivity index (χ1) is 10.1. The maximum atomic E-state index is 5.62. The van der Waals surface area contributed by atoms with Gasteiger partial charge in [-0.1, -0.05) is 48.4 Å². The van der Waals surface area contributed by atoms with Crippen LogP contribution in [0.4, 0.5) is 0 Å². The standard InChI is InChI=1S/C19H21NO/c1-5-19(2,3)20-18(15-9-7-6-8-10-15)16-11-13-17(21-4)14-12-16/h1,6-14,18,20H,2-4H3. The predicted molar refractivity (Wildman–Crippen MR) is 87.3 cm³/mol. The highest BCUT2D eigenvalue weighted by molar-refractivity contribution is 5.36. The molecular formula is C19H21NO. The van der Waals surface area contributed by atoms with Crippen LogP contribution in [0, 0.1) is 12.3 Å². The van der Waals surface area contributed by atoms with E-state index in [-0.39, 0.29) is 11.6 Å². The monoisotopic (exact) mass is 279 g/mol. The lowest BCUT2D eigenvalue weighted by atomic mass is 9.95. The molecule has 0 amide bonds. The Kier molecular flexibility index (Phi) is 4.67. The van der Waals surface area contributed by atoms with E-state index in [2.05, 4.69) is 35.5 Å². The van der Waals surface area contributed by atoms with Crippen molar-refractivity contribution < 1.29 is 4.74 Å². The third-order valence-corrected chi connectivity index (χ3v) is 3.45. The molecule has 2 nitrogen and oxygen atoms in total. The second-order valence-corrected chi connectivity index (χ2v) is 5.53. The maximum absolute atomic E-state index is 5.62. The SMILES string of the molecule is C#CC(C)(C)NC(c1ccccc1)c1ccc(OC)cc1. The average Bonchev–Trinajstić information content (AvgIpc) is 2.54. The van der Waals surface area contributed by atoms with Gasteiger partial charge < -0.3 is 4.74 Å². The molecule has 108 valence electrons. The Morgan fingerprint density at radius 2 is 1.57 bits per heavy atom. The molecule has 1 N–H and O–H groups in total. The molecule has 0 fully saturated rings. The van der Waals surface area contributed by atoms with Crippen LogP contribution in [-0.2, 0) is 0 Å². The number of terminal acetylenes is 1. The lowest BCUT2D eigenvalue weighted by Crippen LogP contribution is -2.40. The second-order valence-electron chi connectivity index (χ2n) is 5.53. The molecule has 0 aliphatic heterocycles. The molecule has 0 radical (unpaired) electrons. The van der Waals surface area contributed by atoms with E-state index >= 15 is 0 Å². The van der Waals surface area contributed by atoms with Crippen molar-refractivity contribution >= 4 is 0 Å². The van der Waals surface area contributed by atoms with Crippen molar-refractivity contribution in [1.82, 2.24) is 5.32 Å². The van der Waals surface area contributed by atoms with Crippen LogP contribution in [0.5, 0.6) is 5.75 Å². The third-order valence-electron chi connectivity index (χ3n) is 3.45. The van der Waals surface area contributed by atoms with E-state index in [4.69, 9.17) is 11.2 Å². The molecule has 0 aliphatic rings. The van der Waals surface area contributed by atoms with Gasteiger partial charge in [-0.05, 0) is 37.1 Å². The Morgan fingerprint density at radius 1 is 1.00 bits per heavy atom. The van der Waals surface area contributed by atoms with E-state index in [0.717, 1.165) is 11.3 Å². The average molecular weight is 279 g/mol. The number of hydrogen-bond donors (Lipinski definition) is 1. The number of nitrogens with one attached hydrogen (secondary N) is 1. The zero-order chi connectivity index (χ0) is 15.3. The van der Waals surface area contributed by atoms with Crippen LogP contribution in [0.15, 0.2) is 54.6 Å². The fraction of sp³-hybridized carbons (Fsp3) is 0.263. The Balaban J connectivity index is 2.38. The fourth-order valence-corrected chi connectivity index (χ4v) is 2.20. The third kappa shape index (κ3) is 3.87. The van der Waals surface area contributed by atoms with Gasteiger partial charge in [-0.2, -0.15) is 0 Å². The lowest BCUT2D eigenvalue weighted by Gasteiger charge is -2.28. The highest BCUT2D eigenvalue weighted by Gasteiger charge is 2.22. The van der Waals surface area contributed by atoms with Crippen LogP contribution in [0.1, 0.15) is 31.0 Å². The molecule has 2 heteroatoms. The normalized spacial score (nSPS) is 12.5. The molecular weight excluding hydrogens is 258 g/mol. The summed E-state index contributed by atoms with van der Waals surface area (Å²) >= 11 is 0. The first-order valence-electron chi connectivity index (χ1n) is 7.00. The van der Waals surface area contributed by atoms with Gasteiger partial charge in [0.1, 0.15) is 5.75 Å². The van der Waals surface area contributed by atoms with Gasteiger partial charge in [-0.15, -0.1) is 6.42 Å². The summed E-state index contributed by atoms with van der Waals surface area (Å²) in [5.74, 6) is 3.65. The van der Waals surface area contributed by atoms with Gasteiger partial charge in [0, 0.05) is 0 Å². The van der Waals surface area contributed by atoms with Gasteiger partial charge in [0.05, 0.1) is 18.7 Å². The summed E-state index contributed by atoms with van der Waals surface area (Å²) in [7, 11) is 1.67. The minimum atomic E-state index is -0.388. The summed E-state index contributed by atoms with van der Waals surface area (Å²) in [4.78, 5) is 0. The van der Waals surface area contributed by atoms with Crippen LogP contribution in [-0.4, -0.2) is 12.6 Å². The Bertz CT molecular complexity index is 608. The van der Waals surface area contributed by atoms with Crippen molar-refractivity contribution in [2.75, 3.05) is 7.11 Å². The van der Waals surface area contributed by atoms with Gasteiger partial charge in [0.15, 0.2) is 0 Å². The number of benzene rings is 2. The summed E-state index contributed by atoms with van der Waals surface area (Å²) in [6.45, 7) is 4.01. The van der Waals surface area contributed by atoms with E-state index in [1.54, 1.807) is 7.11 Å². The first kappa shape index (κ1) is 15.2. The number of methoxy groups -OCH3 is 1. The van der Waals surface area contributed by atoms with Gasteiger partial charge in [-0.25, -0.2) is 0 Å². The van der Waals surface area contributed by atoms with Crippen molar-refractivity contribution in [3.8, 4) is 18.1 Å². The topological polar surface area (TPSA) is 21.3 Å². The molecule has 2 aromatic carbocycles. The van der Waals surface area contributed by atoms with E-state index in [1.165, 1.54) is 5.56 Å². The summed E-state index contributed by atoms with van der Waals surface area (Å²) in [5, 5.41) is 3.54. The van der Waals surface area contributed by atoms with E-state index in [1.807, 2.05) is 44.2 Å². The zero-order valence-electron chi connectivity index (χ0n) is 12.8. The highest BCUT2D eigenvalue weighted by atomic mass is 16.5. The summed E-state index contributed by atoms with van der Waals surface area (Å²) in [6.07, 6.45) is 5.62. The lowest BCUT2D eigenvalue weighted by molar-refractivity contribution is 0.413. The van der Waals surface area contributed by atoms with Crippen molar-refractivity contribution in [1.29, 1.82) is 0 Å². The molecule has 0 bridgehead atoms. The minimum Gasteiger partial charge on any atom is -0.497 e. The van der Waals surface area contributed by atoms with Crippen LogP contribution in [0.3, 0.4) is 0 Å². The van der Waals surface area contributed by atoms with E-state index < -0.39 is 0 Å². The molecule has 0 saturated carbocycles. The summed E-state index contributed by atoms with van der Waals surface area (Å²) in [6, 6.07) is 18.4.